The van der Waals surface area contributed by atoms with E-state index in [-0.39, 0.29) is 5.97 Å². The Balaban J connectivity index is 1.45. The third-order valence-electron chi connectivity index (χ3n) is 5.51. The SMILES string of the molecule is CCOC(=O)c1cnc(NC2C3C4CCC(C4)C23)nc1C. The maximum atomic E-state index is 11.7. The molecule has 0 spiro atoms. The van der Waals surface area contributed by atoms with Gasteiger partial charge in [-0.15, -0.1) is 0 Å². The molecule has 3 aliphatic rings. The number of ether oxygens (including phenoxy) is 1. The Morgan fingerprint density at radius 2 is 2.10 bits per heavy atom. The summed E-state index contributed by atoms with van der Waals surface area (Å²) in [5, 5.41) is 3.48. The van der Waals surface area contributed by atoms with Gasteiger partial charge in [0.2, 0.25) is 5.95 Å². The normalized spacial score (nSPS) is 35.4. The molecule has 0 saturated heterocycles. The monoisotopic (exact) mass is 287 g/mol. The number of aromatic nitrogens is 2. The molecule has 4 rings (SSSR count). The molecule has 5 nitrogen and oxygen atoms in total. The minimum atomic E-state index is -0.345. The first-order chi connectivity index (χ1) is 10.2. The quantitative estimate of drug-likeness (QED) is 0.862. The molecule has 1 N–H and O–H groups in total. The molecule has 1 heterocycles. The number of hydrogen-bond donors (Lipinski definition) is 1. The number of anilines is 1. The highest BCUT2D eigenvalue weighted by Gasteiger charge is 2.65. The Morgan fingerprint density at radius 1 is 1.38 bits per heavy atom. The van der Waals surface area contributed by atoms with Crippen molar-refractivity contribution in [2.24, 2.45) is 23.7 Å². The van der Waals surface area contributed by atoms with Gasteiger partial charge in [-0.2, -0.15) is 0 Å². The first-order valence-electron chi connectivity index (χ1n) is 7.96. The van der Waals surface area contributed by atoms with E-state index in [1.54, 1.807) is 13.1 Å². The van der Waals surface area contributed by atoms with Gasteiger partial charge in [-0.3, -0.25) is 0 Å². The number of fused-ring (bicyclic) bond motifs is 5. The maximum Gasteiger partial charge on any atom is 0.341 e. The Kier molecular flexibility index (Phi) is 2.91. The van der Waals surface area contributed by atoms with Crippen molar-refractivity contribution in [3.8, 4) is 0 Å². The second-order valence-electron chi connectivity index (χ2n) is 6.57. The first kappa shape index (κ1) is 13.0. The van der Waals surface area contributed by atoms with Crippen molar-refractivity contribution in [3.05, 3.63) is 17.5 Å². The van der Waals surface area contributed by atoms with E-state index in [9.17, 15) is 4.79 Å². The fourth-order valence-electron chi connectivity index (χ4n) is 4.61. The van der Waals surface area contributed by atoms with Gasteiger partial charge >= 0.3 is 5.97 Å². The molecule has 112 valence electrons. The molecule has 3 aliphatic carbocycles. The van der Waals surface area contributed by atoms with Crippen LogP contribution in [-0.2, 0) is 4.74 Å². The van der Waals surface area contributed by atoms with E-state index in [1.807, 2.05) is 6.92 Å². The number of carbonyl (C=O) groups is 1. The van der Waals surface area contributed by atoms with Crippen LogP contribution in [0.15, 0.2) is 6.20 Å². The lowest BCUT2D eigenvalue weighted by Crippen LogP contribution is -2.16. The molecule has 0 aliphatic heterocycles. The molecule has 0 radical (unpaired) electrons. The highest BCUT2D eigenvalue weighted by atomic mass is 16.5. The highest BCUT2D eigenvalue weighted by Crippen LogP contribution is 2.66. The van der Waals surface area contributed by atoms with Crippen molar-refractivity contribution >= 4 is 11.9 Å². The van der Waals surface area contributed by atoms with Crippen LogP contribution in [0.1, 0.15) is 42.2 Å². The Labute approximate surface area is 124 Å². The number of hydrogen-bond acceptors (Lipinski definition) is 5. The summed E-state index contributed by atoms with van der Waals surface area (Å²) < 4.78 is 5.00. The molecule has 0 amide bonds. The largest absolute Gasteiger partial charge is 0.462 e. The molecule has 5 heteroatoms. The van der Waals surface area contributed by atoms with E-state index < -0.39 is 0 Å². The van der Waals surface area contributed by atoms with Crippen LogP contribution >= 0.6 is 0 Å². The summed E-state index contributed by atoms with van der Waals surface area (Å²) >= 11 is 0. The average Bonchev–Trinajstić information content (AvgIpc) is 2.84. The lowest BCUT2D eigenvalue weighted by Gasteiger charge is -2.11. The van der Waals surface area contributed by atoms with Crippen LogP contribution in [-0.4, -0.2) is 28.6 Å². The van der Waals surface area contributed by atoms with Gasteiger partial charge in [-0.05, 0) is 56.8 Å². The van der Waals surface area contributed by atoms with E-state index in [0.717, 1.165) is 23.7 Å². The van der Waals surface area contributed by atoms with Gasteiger partial charge in [0.25, 0.3) is 0 Å². The molecule has 0 aromatic carbocycles. The van der Waals surface area contributed by atoms with Crippen molar-refractivity contribution in [1.29, 1.82) is 0 Å². The fourth-order valence-corrected chi connectivity index (χ4v) is 4.61. The van der Waals surface area contributed by atoms with Gasteiger partial charge in [-0.25, -0.2) is 14.8 Å². The van der Waals surface area contributed by atoms with E-state index in [0.29, 0.717) is 29.9 Å². The summed E-state index contributed by atoms with van der Waals surface area (Å²) in [5.41, 5.74) is 1.14. The number of nitrogens with zero attached hydrogens (tertiary/aromatic N) is 2. The molecule has 4 atom stereocenters. The predicted molar refractivity (Wildman–Crippen MR) is 77.9 cm³/mol. The number of aryl methyl sites for hydroxylation is 1. The molecule has 3 saturated carbocycles. The van der Waals surface area contributed by atoms with E-state index in [1.165, 1.54) is 19.3 Å². The molecule has 1 aromatic rings. The first-order valence-corrected chi connectivity index (χ1v) is 7.96. The third kappa shape index (κ3) is 2.01. The number of esters is 1. The Morgan fingerprint density at radius 3 is 2.71 bits per heavy atom. The lowest BCUT2D eigenvalue weighted by molar-refractivity contribution is 0.0524. The number of nitrogens with one attached hydrogen (secondary N) is 1. The van der Waals surface area contributed by atoms with Crippen LogP contribution in [0.2, 0.25) is 0 Å². The molecule has 1 aromatic heterocycles. The molecular formula is C16H21N3O2. The zero-order valence-corrected chi connectivity index (χ0v) is 12.5. The second kappa shape index (κ2) is 4.68. The highest BCUT2D eigenvalue weighted by molar-refractivity contribution is 5.90. The van der Waals surface area contributed by atoms with Crippen molar-refractivity contribution in [2.75, 3.05) is 11.9 Å². The van der Waals surface area contributed by atoms with E-state index in [4.69, 9.17) is 4.74 Å². The van der Waals surface area contributed by atoms with Crippen molar-refractivity contribution in [1.82, 2.24) is 9.97 Å². The zero-order valence-electron chi connectivity index (χ0n) is 12.5. The topological polar surface area (TPSA) is 64.1 Å². The third-order valence-corrected chi connectivity index (χ3v) is 5.51. The van der Waals surface area contributed by atoms with Crippen LogP contribution < -0.4 is 5.32 Å². The van der Waals surface area contributed by atoms with Crippen LogP contribution in [0, 0.1) is 30.6 Å². The molecule has 4 unspecified atom stereocenters. The summed E-state index contributed by atoms with van der Waals surface area (Å²) in [6, 6.07) is 0.559. The Hall–Kier alpha value is -1.65. The maximum absolute atomic E-state index is 11.7. The van der Waals surface area contributed by atoms with Crippen molar-refractivity contribution in [2.45, 2.75) is 39.2 Å². The van der Waals surface area contributed by atoms with E-state index in [2.05, 4.69) is 15.3 Å². The summed E-state index contributed by atoms with van der Waals surface area (Å²) in [5.74, 6) is 3.85. The number of carbonyl (C=O) groups excluding carboxylic acids is 1. The van der Waals surface area contributed by atoms with Gasteiger partial charge in [0.1, 0.15) is 0 Å². The number of rotatable bonds is 4. The summed E-state index contributed by atoms with van der Waals surface area (Å²) in [6.07, 6.45) is 5.84. The van der Waals surface area contributed by atoms with Gasteiger partial charge < -0.3 is 10.1 Å². The Bertz CT molecular complexity index is 573. The van der Waals surface area contributed by atoms with Crippen LogP contribution in [0.4, 0.5) is 5.95 Å². The summed E-state index contributed by atoms with van der Waals surface area (Å²) in [4.78, 5) is 20.5. The minimum Gasteiger partial charge on any atom is -0.462 e. The van der Waals surface area contributed by atoms with Crippen LogP contribution in [0.3, 0.4) is 0 Å². The zero-order chi connectivity index (χ0) is 14.6. The molecule has 3 fully saturated rings. The summed E-state index contributed by atoms with van der Waals surface area (Å²) in [6.45, 7) is 3.99. The fraction of sp³-hybridized carbons (Fsp3) is 0.688. The van der Waals surface area contributed by atoms with Gasteiger partial charge in [0, 0.05) is 12.2 Å². The smallest absolute Gasteiger partial charge is 0.341 e. The minimum absolute atomic E-state index is 0.345. The molecule has 21 heavy (non-hydrogen) atoms. The van der Waals surface area contributed by atoms with Crippen molar-refractivity contribution < 1.29 is 9.53 Å². The standard InChI is InChI=1S/C16H21N3O2/c1-3-21-15(20)11-7-17-16(18-8(11)2)19-14-12-9-4-5-10(6-9)13(12)14/h7,9-10,12-14H,3-6H2,1-2H3,(H,17,18,19). The van der Waals surface area contributed by atoms with E-state index >= 15 is 0 Å². The van der Waals surface area contributed by atoms with Crippen molar-refractivity contribution in [3.63, 3.8) is 0 Å². The molecule has 2 bridgehead atoms. The van der Waals surface area contributed by atoms with Gasteiger partial charge in [0.05, 0.1) is 17.9 Å². The summed E-state index contributed by atoms with van der Waals surface area (Å²) in [7, 11) is 0. The second-order valence-corrected chi connectivity index (χ2v) is 6.57. The van der Waals surface area contributed by atoms with Gasteiger partial charge in [-0.1, -0.05) is 0 Å². The molecular weight excluding hydrogens is 266 g/mol. The van der Waals surface area contributed by atoms with Gasteiger partial charge in [0.15, 0.2) is 0 Å². The lowest BCUT2D eigenvalue weighted by atomic mass is 10.0. The van der Waals surface area contributed by atoms with Crippen LogP contribution in [0.5, 0.6) is 0 Å². The average molecular weight is 287 g/mol. The van der Waals surface area contributed by atoms with Crippen LogP contribution in [0.25, 0.3) is 0 Å². The predicted octanol–water partition coefficient (Wildman–Crippen LogP) is 2.42.